The van der Waals surface area contributed by atoms with Gasteiger partial charge in [0.1, 0.15) is 0 Å². The molecule has 0 aromatic rings. The molecule has 21 heavy (non-hydrogen) atoms. The molecule has 1 amide bonds. The van der Waals surface area contributed by atoms with Crippen molar-refractivity contribution in [3.05, 3.63) is 0 Å². The van der Waals surface area contributed by atoms with Gasteiger partial charge in [0.2, 0.25) is 5.91 Å². The zero-order valence-corrected chi connectivity index (χ0v) is 13.0. The predicted molar refractivity (Wildman–Crippen MR) is 80.2 cm³/mol. The van der Waals surface area contributed by atoms with Gasteiger partial charge in [0.15, 0.2) is 0 Å². The average molecular weight is 297 g/mol. The second-order valence-corrected chi connectivity index (χ2v) is 6.24. The van der Waals surface area contributed by atoms with Gasteiger partial charge in [-0.1, -0.05) is 19.3 Å². The monoisotopic (exact) mass is 297 g/mol. The number of carboxylic acid groups (broad SMARTS) is 1. The Morgan fingerprint density at radius 3 is 2.05 bits per heavy atom. The van der Waals surface area contributed by atoms with E-state index >= 15 is 0 Å². The lowest BCUT2D eigenvalue weighted by Gasteiger charge is -2.36. The molecule has 1 aliphatic carbocycles. The van der Waals surface area contributed by atoms with E-state index in [0.717, 1.165) is 39.0 Å². The summed E-state index contributed by atoms with van der Waals surface area (Å²) in [5.74, 6) is -0.579. The number of piperazine rings is 1. The minimum atomic E-state index is -0.781. The first-order chi connectivity index (χ1) is 10.1. The van der Waals surface area contributed by atoms with Crippen molar-refractivity contribution in [2.75, 3.05) is 46.3 Å². The number of aliphatic carboxylic acids is 1. The van der Waals surface area contributed by atoms with Crippen LogP contribution in [0.1, 0.15) is 32.1 Å². The second kappa shape index (κ2) is 7.75. The highest BCUT2D eigenvalue weighted by atomic mass is 16.4. The molecule has 1 saturated carbocycles. The number of likely N-dealkylation sites (N-methyl/N-ethyl adjacent to an activating group) is 1. The van der Waals surface area contributed by atoms with Gasteiger partial charge in [0.05, 0.1) is 13.1 Å². The van der Waals surface area contributed by atoms with Crippen LogP contribution in [0.3, 0.4) is 0 Å². The number of rotatable bonds is 5. The SMILES string of the molecule is CN(C(=O)CN1CCN(CC(=O)O)CC1)C1CCCCC1. The first kappa shape index (κ1) is 16.2. The Labute approximate surface area is 126 Å². The zero-order chi connectivity index (χ0) is 15.2. The first-order valence-electron chi connectivity index (χ1n) is 7.98. The molecule has 0 atom stereocenters. The molecule has 1 saturated heterocycles. The van der Waals surface area contributed by atoms with Crippen LogP contribution in [-0.2, 0) is 9.59 Å². The summed E-state index contributed by atoms with van der Waals surface area (Å²) in [6.45, 7) is 3.58. The summed E-state index contributed by atoms with van der Waals surface area (Å²) in [6, 6.07) is 0.416. The topological polar surface area (TPSA) is 64.1 Å². The van der Waals surface area contributed by atoms with Crippen LogP contribution in [0.4, 0.5) is 0 Å². The second-order valence-electron chi connectivity index (χ2n) is 6.24. The van der Waals surface area contributed by atoms with Crippen LogP contribution in [-0.4, -0.2) is 84.0 Å². The minimum Gasteiger partial charge on any atom is -0.480 e. The molecule has 0 spiro atoms. The smallest absolute Gasteiger partial charge is 0.317 e. The van der Waals surface area contributed by atoms with E-state index in [1.165, 1.54) is 19.3 Å². The van der Waals surface area contributed by atoms with Crippen molar-refractivity contribution in [2.45, 2.75) is 38.1 Å². The standard InChI is InChI=1S/C15H27N3O3/c1-16(13-5-3-2-4-6-13)14(19)11-17-7-9-18(10-8-17)12-15(20)21/h13H,2-12H2,1H3,(H,20,21). The quantitative estimate of drug-likeness (QED) is 0.799. The van der Waals surface area contributed by atoms with Crippen LogP contribution in [0.15, 0.2) is 0 Å². The van der Waals surface area contributed by atoms with E-state index in [1.54, 1.807) is 0 Å². The number of carboxylic acids is 1. The molecular formula is C15H27N3O3. The van der Waals surface area contributed by atoms with Crippen molar-refractivity contribution in [3.63, 3.8) is 0 Å². The predicted octanol–water partition coefficient (Wildman–Crippen LogP) is 0.480. The lowest BCUT2D eigenvalue weighted by molar-refractivity contribution is -0.139. The van der Waals surface area contributed by atoms with Crippen LogP contribution in [0.5, 0.6) is 0 Å². The van der Waals surface area contributed by atoms with Crippen LogP contribution in [0.2, 0.25) is 0 Å². The Balaban J connectivity index is 1.72. The van der Waals surface area contributed by atoms with Crippen LogP contribution in [0.25, 0.3) is 0 Å². The maximum Gasteiger partial charge on any atom is 0.317 e. The first-order valence-corrected chi connectivity index (χ1v) is 7.98. The summed E-state index contributed by atoms with van der Waals surface area (Å²) in [4.78, 5) is 29.0. The van der Waals surface area contributed by atoms with Gasteiger partial charge in [0, 0.05) is 39.3 Å². The lowest BCUT2D eigenvalue weighted by atomic mass is 9.94. The normalized spacial score (nSPS) is 22.1. The number of amides is 1. The van der Waals surface area contributed by atoms with E-state index in [0.29, 0.717) is 12.6 Å². The highest BCUT2D eigenvalue weighted by Crippen LogP contribution is 2.21. The van der Waals surface area contributed by atoms with Crippen LogP contribution in [0, 0.1) is 0 Å². The van der Waals surface area contributed by atoms with E-state index in [-0.39, 0.29) is 12.5 Å². The number of nitrogens with zero attached hydrogens (tertiary/aromatic N) is 3. The minimum absolute atomic E-state index is 0.101. The number of hydrogen-bond acceptors (Lipinski definition) is 4. The summed E-state index contributed by atoms with van der Waals surface area (Å²) >= 11 is 0. The van der Waals surface area contributed by atoms with Crippen LogP contribution >= 0.6 is 0 Å². The van der Waals surface area contributed by atoms with Crippen molar-refractivity contribution in [1.82, 2.24) is 14.7 Å². The van der Waals surface area contributed by atoms with Crippen molar-refractivity contribution >= 4 is 11.9 Å². The summed E-state index contributed by atoms with van der Waals surface area (Å²) in [6.07, 6.45) is 6.03. The maximum atomic E-state index is 12.3. The molecule has 1 N–H and O–H groups in total. The lowest BCUT2D eigenvalue weighted by Crippen LogP contribution is -2.51. The van der Waals surface area contributed by atoms with Crippen molar-refractivity contribution in [3.8, 4) is 0 Å². The maximum absolute atomic E-state index is 12.3. The average Bonchev–Trinajstić information content (AvgIpc) is 2.49. The third-order valence-electron chi connectivity index (χ3n) is 4.70. The molecule has 6 nitrogen and oxygen atoms in total. The molecule has 120 valence electrons. The van der Waals surface area contributed by atoms with Crippen molar-refractivity contribution in [1.29, 1.82) is 0 Å². The fourth-order valence-electron chi connectivity index (χ4n) is 3.27. The van der Waals surface area contributed by atoms with E-state index in [9.17, 15) is 9.59 Å². The third-order valence-corrected chi connectivity index (χ3v) is 4.70. The van der Waals surface area contributed by atoms with Gasteiger partial charge >= 0.3 is 5.97 Å². The van der Waals surface area contributed by atoms with Crippen molar-refractivity contribution in [2.24, 2.45) is 0 Å². The zero-order valence-electron chi connectivity index (χ0n) is 13.0. The fraction of sp³-hybridized carbons (Fsp3) is 0.867. The number of carbonyl (C=O) groups is 2. The summed E-state index contributed by atoms with van der Waals surface area (Å²) in [5.41, 5.74) is 0. The highest BCUT2D eigenvalue weighted by molar-refractivity contribution is 5.78. The van der Waals surface area contributed by atoms with E-state index in [1.807, 2.05) is 16.8 Å². The van der Waals surface area contributed by atoms with E-state index in [4.69, 9.17) is 5.11 Å². The van der Waals surface area contributed by atoms with Gasteiger partial charge in [-0.05, 0) is 12.8 Å². The van der Waals surface area contributed by atoms with Gasteiger partial charge < -0.3 is 10.0 Å². The molecule has 0 unspecified atom stereocenters. The summed E-state index contributed by atoms with van der Waals surface area (Å²) < 4.78 is 0. The molecule has 1 aliphatic heterocycles. The molecule has 0 radical (unpaired) electrons. The molecule has 2 rings (SSSR count). The fourth-order valence-corrected chi connectivity index (χ4v) is 3.27. The summed E-state index contributed by atoms with van der Waals surface area (Å²) in [7, 11) is 1.93. The largest absolute Gasteiger partial charge is 0.480 e. The van der Waals surface area contributed by atoms with Gasteiger partial charge in [-0.2, -0.15) is 0 Å². The summed E-state index contributed by atoms with van der Waals surface area (Å²) in [5, 5.41) is 8.78. The van der Waals surface area contributed by atoms with Crippen LogP contribution < -0.4 is 0 Å². The van der Waals surface area contributed by atoms with Crippen molar-refractivity contribution < 1.29 is 14.7 Å². The Hall–Kier alpha value is -1.14. The molecule has 0 bridgehead atoms. The van der Waals surface area contributed by atoms with E-state index < -0.39 is 5.97 Å². The Kier molecular flexibility index (Phi) is 5.99. The Morgan fingerprint density at radius 2 is 1.52 bits per heavy atom. The molecule has 0 aromatic carbocycles. The van der Waals surface area contributed by atoms with Gasteiger partial charge in [-0.25, -0.2) is 0 Å². The number of carbonyl (C=O) groups excluding carboxylic acids is 1. The van der Waals surface area contributed by atoms with Gasteiger partial charge in [-0.15, -0.1) is 0 Å². The third kappa shape index (κ3) is 4.97. The molecule has 1 heterocycles. The highest BCUT2D eigenvalue weighted by Gasteiger charge is 2.25. The molecular weight excluding hydrogens is 270 g/mol. The molecule has 0 aromatic heterocycles. The Bertz CT molecular complexity index is 361. The number of hydrogen-bond donors (Lipinski definition) is 1. The van der Waals surface area contributed by atoms with E-state index in [2.05, 4.69) is 4.90 Å². The Morgan fingerprint density at radius 1 is 1.00 bits per heavy atom. The molecule has 6 heteroatoms. The molecule has 2 aliphatic rings. The van der Waals surface area contributed by atoms with Gasteiger partial charge in [-0.3, -0.25) is 19.4 Å². The van der Waals surface area contributed by atoms with Gasteiger partial charge in [0.25, 0.3) is 0 Å². The molecule has 2 fully saturated rings.